The average molecular weight is 325 g/mol. The topological polar surface area (TPSA) is 54.5 Å². The highest BCUT2D eigenvalue weighted by Crippen LogP contribution is 2.28. The Kier molecular flexibility index (Phi) is 5.44. The van der Waals surface area contributed by atoms with Gasteiger partial charge in [-0.25, -0.2) is 8.42 Å². The zero-order valence-corrected chi connectivity index (χ0v) is 15.4. The molecule has 0 heterocycles. The Labute approximate surface area is 134 Å². The van der Waals surface area contributed by atoms with E-state index in [1.165, 1.54) is 6.07 Å². The summed E-state index contributed by atoms with van der Waals surface area (Å²) in [5.41, 5.74) is 0.250. The van der Waals surface area contributed by atoms with Gasteiger partial charge in [-0.05, 0) is 60.6 Å². The maximum Gasteiger partial charge on any atom is 0.255 e. The van der Waals surface area contributed by atoms with Crippen molar-refractivity contribution >= 4 is 15.7 Å². The Hall–Kier alpha value is -1.36. The third-order valence-corrected chi connectivity index (χ3v) is 6.11. The lowest BCUT2D eigenvalue weighted by Crippen LogP contribution is -2.43. The molecule has 0 aromatic heterocycles. The van der Waals surface area contributed by atoms with Crippen LogP contribution in [0.4, 0.5) is 0 Å². The lowest BCUT2D eigenvalue weighted by atomic mass is 10.1. The van der Waals surface area contributed by atoms with E-state index in [1.54, 1.807) is 43.9 Å². The van der Waals surface area contributed by atoms with Gasteiger partial charge in [0, 0.05) is 12.1 Å². The van der Waals surface area contributed by atoms with Crippen molar-refractivity contribution in [2.75, 3.05) is 0 Å². The van der Waals surface area contributed by atoms with Gasteiger partial charge in [-0.1, -0.05) is 12.1 Å². The van der Waals surface area contributed by atoms with Crippen LogP contribution in [0.2, 0.25) is 0 Å². The van der Waals surface area contributed by atoms with Crippen molar-refractivity contribution in [2.24, 2.45) is 0 Å². The number of amides is 1. The van der Waals surface area contributed by atoms with Gasteiger partial charge in [0.1, 0.15) is 0 Å². The molecule has 0 aliphatic rings. The molecule has 5 heteroatoms. The van der Waals surface area contributed by atoms with Gasteiger partial charge < -0.3 is 4.90 Å². The molecule has 4 nitrogen and oxygen atoms in total. The number of hydrogen-bond acceptors (Lipinski definition) is 3. The van der Waals surface area contributed by atoms with E-state index in [4.69, 9.17) is 0 Å². The third kappa shape index (κ3) is 3.51. The molecule has 0 aliphatic carbocycles. The number of carbonyl (C=O) groups excluding carboxylic acids is 1. The third-order valence-electron chi connectivity index (χ3n) is 3.56. The predicted octanol–water partition coefficient (Wildman–Crippen LogP) is 3.52. The largest absolute Gasteiger partial charge is 0.334 e. The molecule has 0 radical (unpaired) electrons. The summed E-state index contributed by atoms with van der Waals surface area (Å²) in [5, 5.41) is 0. The van der Waals surface area contributed by atoms with E-state index >= 15 is 0 Å². The van der Waals surface area contributed by atoms with Gasteiger partial charge in [-0.15, -0.1) is 0 Å². The molecule has 0 N–H and O–H groups in total. The second kappa shape index (κ2) is 6.41. The monoisotopic (exact) mass is 325 g/mol. The fraction of sp³-hybridized carbons (Fsp3) is 0.588. The molecule has 0 atom stereocenters. The Bertz CT molecular complexity index is 632. The van der Waals surface area contributed by atoms with Crippen molar-refractivity contribution in [3.8, 4) is 0 Å². The zero-order chi connectivity index (χ0) is 17.3. The van der Waals surface area contributed by atoms with E-state index in [0.29, 0.717) is 0 Å². The fourth-order valence-corrected chi connectivity index (χ4v) is 3.77. The lowest BCUT2D eigenvalue weighted by molar-refractivity contribution is 0.0639. The summed E-state index contributed by atoms with van der Waals surface area (Å²) in [6, 6.07) is 6.47. The van der Waals surface area contributed by atoms with Gasteiger partial charge in [0.15, 0.2) is 9.84 Å². The van der Waals surface area contributed by atoms with Crippen LogP contribution >= 0.6 is 0 Å². The molecule has 0 saturated heterocycles. The number of nitrogens with zero attached hydrogens (tertiary/aromatic N) is 1. The molecule has 22 heavy (non-hydrogen) atoms. The van der Waals surface area contributed by atoms with Crippen LogP contribution in [-0.2, 0) is 9.84 Å². The first kappa shape index (κ1) is 18.7. The molecular weight excluding hydrogens is 298 g/mol. The Balaban J connectivity index is 3.50. The van der Waals surface area contributed by atoms with Crippen molar-refractivity contribution in [1.82, 2.24) is 4.90 Å². The van der Waals surface area contributed by atoms with Gasteiger partial charge in [-0.3, -0.25) is 4.79 Å². The molecule has 0 aliphatic heterocycles. The fourth-order valence-electron chi connectivity index (χ4n) is 2.41. The molecule has 0 fully saturated rings. The lowest BCUT2D eigenvalue weighted by Gasteiger charge is -2.32. The summed E-state index contributed by atoms with van der Waals surface area (Å²) < 4.78 is 24.6. The van der Waals surface area contributed by atoms with Crippen LogP contribution in [0.25, 0.3) is 0 Å². The van der Waals surface area contributed by atoms with E-state index in [1.807, 2.05) is 27.7 Å². The van der Waals surface area contributed by atoms with Crippen molar-refractivity contribution in [2.45, 2.75) is 70.2 Å². The van der Waals surface area contributed by atoms with Crippen molar-refractivity contribution in [3.05, 3.63) is 29.8 Å². The minimum Gasteiger partial charge on any atom is -0.334 e. The second-order valence-electron chi connectivity index (χ2n) is 7.01. The van der Waals surface area contributed by atoms with E-state index in [2.05, 4.69) is 0 Å². The second-order valence-corrected chi connectivity index (χ2v) is 9.68. The summed E-state index contributed by atoms with van der Waals surface area (Å²) in [5.74, 6) is -0.242. The minimum atomic E-state index is -3.58. The number of carbonyl (C=O) groups is 1. The highest BCUT2D eigenvalue weighted by molar-refractivity contribution is 7.92. The molecule has 0 spiro atoms. The van der Waals surface area contributed by atoms with Gasteiger partial charge in [0.05, 0.1) is 15.2 Å². The number of hydrogen-bond donors (Lipinski definition) is 0. The van der Waals surface area contributed by atoms with Crippen LogP contribution in [0.5, 0.6) is 0 Å². The van der Waals surface area contributed by atoms with Gasteiger partial charge >= 0.3 is 0 Å². The molecule has 124 valence electrons. The molecule has 1 aromatic rings. The summed E-state index contributed by atoms with van der Waals surface area (Å²) in [6.07, 6.45) is 0. The van der Waals surface area contributed by atoms with E-state index in [9.17, 15) is 13.2 Å². The first-order valence-electron chi connectivity index (χ1n) is 7.57. The summed E-state index contributed by atoms with van der Waals surface area (Å²) >= 11 is 0. The van der Waals surface area contributed by atoms with E-state index in [0.717, 1.165) is 0 Å². The molecular formula is C17H27NO3S. The molecule has 0 unspecified atom stereocenters. The maximum absolute atomic E-state index is 12.9. The maximum atomic E-state index is 12.9. The van der Waals surface area contributed by atoms with Crippen LogP contribution in [0, 0.1) is 0 Å². The SMILES string of the molecule is CC(C)N(C(=O)c1ccccc1S(=O)(=O)C(C)(C)C)C(C)C. The van der Waals surface area contributed by atoms with E-state index in [-0.39, 0.29) is 28.4 Å². The minimum absolute atomic E-state index is 0.00195. The first-order chi connectivity index (χ1) is 9.91. The number of benzene rings is 1. The van der Waals surface area contributed by atoms with E-state index < -0.39 is 14.6 Å². The van der Waals surface area contributed by atoms with Crippen LogP contribution in [0.15, 0.2) is 29.2 Å². The summed E-state index contributed by atoms with van der Waals surface area (Å²) in [7, 11) is -3.58. The Morgan fingerprint density at radius 2 is 1.45 bits per heavy atom. The van der Waals surface area contributed by atoms with Crippen LogP contribution in [0.1, 0.15) is 58.8 Å². The molecule has 1 aromatic carbocycles. The average Bonchev–Trinajstić information content (AvgIpc) is 2.36. The first-order valence-corrected chi connectivity index (χ1v) is 9.06. The molecule has 1 amide bonds. The van der Waals surface area contributed by atoms with Crippen molar-refractivity contribution < 1.29 is 13.2 Å². The smallest absolute Gasteiger partial charge is 0.255 e. The Morgan fingerprint density at radius 3 is 1.86 bits per heavy atom. The highest BCUT2D eigenvalue weighted by atomic mass is 32.2. The number of rotatable bonds is 4. The quantitative estimate of drug-likeness (QED) is 0.851. The summed E-state index contributed by atoms with van der Waals surface area (Å²) in [6.45, 7) is 12.7. The Morgan fingerprint density at radius 1 is 1.00 bits per heavy atom. The van der Waals surface area contributed by atoms with Crippen molar-refractivity contribution in [3.63, 3.8) is 0 Å². The summed E-state index contributed by atoms with van der Waals surface area (Å²) in [4.78, 5) is 14.7. The van der Waals surface area contributed by atoms with Gasteiger partial charge in [-0.2, -0.15) is 0 Å². The molecule has 0 bridgehead atoms. The molecule has 0 saturated carbocycles. The zero-order valence-electron chi connectivity index (χ0n) is 14.5. The molecule has 1 rings (SSSR count). The standard InChI is InChI=1S/C17H27NO3S/c1-12(2)18(13(3)4)16(19)14-10-8-9-11-15(14)22(20,21)17(5,6)7/h8-13H,1-7H3. The van der Waals surface area contributed by atoms with Gasteiger partial charge in [0.2, 0.25) is 0 Å². The predicted molar refractivity (Wildman–Crippen MR) is 89.8 cm³/mol. The highest BCUT2D eigenvalue weighted by Gasteiger charge is 2.35. The van der Waals surface area contributed by atoms with Crippen LogP contribution < -0.4 is 0 Å². The van der Waals surface area contributed by atoms with Crippen molar-refractivity contribution in [1.29, 1.82) is 0 Å². The normalized spacial score (nSPS) is 12.8. The number of sulfone groups is 1. The van der Waals surface area contributed by atoms with Crippen LogP contribution in [0.3, 0.4) is 0 Å². The van der Waals surface area contributed by atoms with Crippen LogP contribution in [-0.4, -0.2) is 36.1 Å². The van der Waals surface area contributed by atoms with Gasteiger partial charge in [0.25, 0.3) is 5.91 Å².